The fourth-order valence-corrected chi connectivity index (χ4v) is 4.23. The van der Waals surface area contributed by atoms with Gasteiger partial charge in [-0.1, -0.05) is 0 Å². The van der Waals surface area contributed by atoms with Gasteiger partial charge >= 0.3 is 5.97 Å². The van der Waals surface area contributed by atoms with Gasteiger partial charge in [-0.15, -0.1) is 0 Å². The summed E-state index contributed by atoms with van der Waals surface area (Å²) in [5, 5.41) is 9.52. The molecule has 3 unspecified atom stereocenters. The maximum atomic E-state index is 13.7. The van der Waals surface area contributed by atoms with Gasteiger partial charge < -0.3 is 20.3 Å². The van der Waals surface area contributed by atoms with Crippen molar-refractivity contribution in [3.05, 3.63) is 34.1 Å². The topological polar surface area (TPSA) is 101 Å². The van der Waals surface area contributed by atoms with Gasteiger partial charge in [0.15, 0.2) is 0 Å². The zero-order chi connectivity index (χ0) is 18.9. The highest BCUT2D eigenvalue weighted by Crippen LogP contribution is 2.44. The number of nitrogens with two attached hydrogens (primary N) is 1. The average molecular weight is 372 g/mol. The summed E-state index contributed by atoms with van der Waals surface area (Å²) < 4.78 is 15.2. The van der Waals surface area contributed by atoms with E-state index in [0.29, 0.717) is 18.0 Å². The monoisotopic (exact) mass is 372 g/mol. The predicted octanol–water partition coefficient (Wildman–Crippen LogP) is 1.70. The quantitative estimate of drug-likeness (QED) is 0.847. The number of carboxylic acid groups (broad SMARTS) is 1. The number of pyridine rings is 2. The Morgan fingerprint density at radius 1 is 1.37 bits per heavy atom. The highest BCUT2D eigenvalue weighted by Gasteiger charge is 2.48. The summed E-state index contributed by atoms with van der Waals surface area (Å²) in [6.45, 7) is 1.66. The van der Waals surface area contributed by atoms with Crippen molar-refractivity contribution in [1.29, 1.82) is 0 Å². The second-order valence-electron chi connectivity index (χ2n) is 8.11. The highest BCUT2D eigenvalue weighted by molar-refractivity contribution is 5.92. The lowest BCUT2D eigenvalue weighted by molar-refractivity contribution is 0.0694. The molecule has 7 nitrogen and oxygen atoms in total. The molecule has 3 fully saturated rings. The number of carbonyl (C=O) groups is 1. The molecule has 2 aromatic rings. The molecule has 2 aromatic heterocycles. The van der Waals surface area contributed by atoms with E-state index in [1.54, 1.807) is 12.1 Å². The maximum absolute atomic E-state index is 13.7. The number of hydrogen-bond acceptors (Lipinski definition) is 5. The van der Waals surface area contributed by atoms with Crippen LogP contribution in [0.3, 0.4) is 0 Å². The molecule has 3 heterocycles. The van der Waals surface area contributed by atoms with E-state index in [1.165, 1.54) is 10.8 Å². The van der Waals surface area contributed by atoms with Gasteiger partial charge in [0.1, 0.15) is 23.2 Å². The molecular weight excluding hydrogens is 351 g/mol. The van der Waals surface area contributed by atoms with Crippen LogP contribution >= 0.6 is 0 Å². The van der Waals surface area contributed by atoms with Crippen LogP contribution in [-0.4, -0.2) is 45.4 Å². The van der Waals surface area contributed by atoms with Crippen molar-refractivity contribution >= 4 is 22.8 Å². The Balaban J connectivity index is 1.58. The third-order valence-corrected chi connectivity index (χ3v) is 6.28. The lowest BCUT2D eigenvalue weighted by atomic mass is 9.98. The van der Waals surface area contributed by atoms with Gasteiger partial charge in [-0.05, 0) is 37.3 Å². The van der Waals surface area contributed by atoms with Crippen LogP contribution in [0.1, 0.15) is 42.1 Å². The number of aromatic nitrogens is 2. The summed E-state index contributed by atoms with van der Waals surface area (Å²) in [4.78, 5) is 30.7. The minimum Gasteiger partial charge on any atom is -0.477 e. The molecular formula is C19H21FN4O3. The molecule has 0 bridgehead atoms. The predicted molar refractivity (Wildman–Crippen MR) is 98.0 cm³/mol. The largest absolute Gasteiger partial charge is 0.477 e. The van der Waals surface area contributed by atoms with Gasteiger partial charge in [-0.3, -0.25) is 4.79 Å². The molecule has 1 aliphatic heterocycles. The van der Waals surface area contributed by atoms with Crippen molar-refractivity contribution in [2.24, 2.45) is 11.7 Å². The number of alkyl halides is 1. The van der Waals surface area contributed by atoms with Crippen LogP contribution in [0, 0.1) is 5.92 Å². The third-order valence-electron chi connectivity index (χ3n) is 6.28. The molecule has 2 saturated carbocycles. The van der Waals surface area contributed by atoms with E-state index in [9.17, 15) is 19.1 Å². The van der Waals surface area contributed by atoms with E-state index < -0.39 is 23.6 Å². The molecule has 0 spiro atoms. The van der Waals surface area contributed by atoms with E-state index >= 15 is 0 Å². The summed E-state index contributed by atoms with van der Waals surface area (Å²) in [5.41, 5.74) is 5.72. The van der Waals surface area contributed by atoms with Gasteiger partial charge in [-0.2, -0.15) is 0 Å². The Labute approximate surface area is 154 Å². The van der Waals surface area contributed by atoms with Crippen molar-refractivity contribution in [2.45, 2.75) is 43.4 Å². The van der Waals surface area contributed by atoms with Crippen LogP contribution in [0.5, 0.6) is 0 Å². The number of halogens is 1. The van der Waals surface area contributed by atoms with Crippen molar-refractivity contribution in [3.8, 4) is 0 Å². The number of anilines is 1. The summed E-state index contributed by atoms with van der Waals surface area (Å²) in [6.07, 6.45) is 3.65. The summed E-state index contributed by atoms with van der Waals surface area (Å²) in [6, 6.07) is 2.90. The van der Waals surface area contributed by atoms with Gasteiger partial charge in [0.2, 0.25) is 5.43 Å². The van der Waals surface area contributed by atoms with Crippen molar-refractivity contribution in [3.63, 3.8) is 0 Å². The van der Waals surface area contributed by atoms with E-state index in [-0.39, 0.29) is 16.5 Å². The second-order valence-corrected chi connectivity index (χ2v) is 8.11. The maximum Gasteiger partial charge on any atom is 0.341 e. The SMILES string of the molecule is NC1(C2CCN(c3ccc4c(=O)c(C(=O)O)cn(C5CC5F)c4n3)C2)CC1. The Morgan fingerprint density at radius 3 is 2.74 bits per heavy atom. The van der Waals surface area contributed by atoms with Gasteiger partial charge in [-0.25, -0.2) is 14.2 Å². The van der Waals surface area contributed by atoms with E-state index in [2.05, 4.69) is 9.88 Å². The average Bonchev–Trinajstić information content (AvgIpc) is 3.50. The normalized spacial score (nSPS) is 28.5. The van der Waals surface area contributed by atoms with Crippen LogP contribution in [0.4, 0.5) is 10.2 Å². The fraction of sp³-hybridized carbons (Fsp3) is 0.526. The zero-order valence-electron chi connectivity index (χ0n) is 14.8. The standard InChI is InChI=1S/C19H21FN4O3/c20-13-7-14(13)24-9-12(18(26)27)16(25)11-1-2-15(22-17(11)24)23-6-3-10(8-23)19(21)4-5-19/h1-2,9-10,13-14H,3-8,21H2,(H,26,27). The van der Waals surface area contributed by atoms with Crippen molar-refractivity contribution in [2.75, 3.05) is 18.0 Å². The zero-order valence-corrected chi connectivity index (χ0v) is 14.8. The first-order chi connectivity index (χ1) is 12.9. The van der Waals surface area contributed by atoms with Gasteiger partial charge in [0.25, 0.3) is 0 Å². The molecule has 3 atom stereocenters. The minimum absolute atomic E-state index is 0.0421. The lowest BCUT2D eigenvalue weighted by Crippen LogP contribution is -2.34. The Bertz CT molecular complexity index is 1020. The van der Waals surface area contributed by atoms with Crippen LogP contribution in [0.15, 0.2) is 23.1 Å². The smallest absolute Gasteiger partial charge is 0.341 e. The van der Waals surface area contributed by atoms with Crippen molar-refractivity contribution < 1.29 is 14.3 Å². The molecule has 1 saturated heterocycles. The molecule has 0 aromatic carbocycles. The number of fused-ring (bicyclic) bond motifs is 1. The molecule has 3 aliphatic rings. The molecule has 2 aliphatic carbocycles. The molecule has 5 rings (SSSR count). The molecule has 142 valence electrons. The first-order valence-electron chi connectivity index (χ1n) is 9.34. The number of aromatic carboxylic acids is 1. The summed E-state index contributed by atoms with van der Waals surface area (Å²) in [7, 11) is 0. The highest BCUT2D eigenvalue weighted by atomic mass is 19.1. The molecule has 0 radical (unpaired) electrons. The molecule has 8 heteroatoms. The number of hydrogen-bond donors (Lipinski definition) is 2. The Hall–Kier alpha value is -2.48. The molecule has 3 N–H and O–H groups in total. The first kappa shape index (κ1) is 16.7. The minimum atomic E-state index is -1.31. The Kier molecular flexibility index (Phi) is 3.40. The number of nitrogens with zero attached hydrogens (tertiary/aromatic N) is 3. The Morgan fingerprint density at radius 2 is 2.11 bits per heavy atom. The molecule has 0 amide bonds. The summed E-state index contributed by atoms with van der Waals surface area (Å²) >= 11 is 0. The number of carboxylic acids is 1. The van der Waals surface area contributed by atoms with E-state index in [0.717, 1.165) is 38.2 Å². The van der Waals surface area contributed by atoms with Crippen LogP contribution < -0.4 is 16.1 Å². The van der Waals surface area contributed by atoms with Crippen LogP contribution in [0.2, 0.25) is 0 Å². The summed E-state index contributed by atoms with van der Waals surface area (Å²) in [5.74, 6) is -0.150. The third kappa shape index (κ3) is 2.62. The van der Waals surface area contributed by atoms with Gasteiger partial charge in [0, 0.05) is 31.2 Å². The van der Waals surface area contributed by atoms with Crippen LogP contribution in [0.25, 0.3) is 11.0 Å². The van der Waals surface area contributed by atoms with Crippen LogP contribution in [-0.2, 0) is 0 Å². The van der Waals surface area contributed by atoms with Gasteiger partial charge in [0.05, 0.1) is 11.4 Å². The fourth-order valence-electron chi connectivity index (χ4n) is 4.23. The lowest BCUT2D eigenvalue weighted by Gasteiger charge is -2.21. The second kappa shape index (κ2) is 5.51. The van der Waals surface area contributed by atoms with E-state index in [1.807, 2.05) is 0 Å². The number of rotatable bonds is 4. The van der Waals surface area contributed by atoms with Crippen molar-refractivity contribution in [1.82, 2.24) is 9.55 Å². The molecule has 27 heavy (non-hydrogen) atoms. The van der Waals surface area contributed by atoms with E-state index in [4.69, 9.17) is 5.73 Å². The first-order valence-corrected chi connectivity index (χ1v) is 9.34.